The molecule has 3 heterocycles. The Morgan fingerprint density at radius 3 is 2.28 bits per heavy atom. The van der Waals surface area contributed by atoms with E-state index in [-0.39, 0.29) is 17.7 Å². The summed E-state index contributed by atoms with van der Waals surface area (Å²) in [6.07, 6.45) is 3.83. The van der Waals surface area contributed by atoms with E-state index in [1.807, 2.05) is 35.3 Å². The zero-order valence-corrected chi connectivity index (χ0v) is 15.6. The van der Waals surface area contributed by atoms with Gasteiger partial charge in [-0.3, -0.25) is 9.59 Å². The van der Waals surface area contributed by atoms with Crippen molar-refractivity contribution in [2.24, 2.45) is 11.8 Å². The Hall–Kier alpha value is -1.92. The molecule has 0 bridgehead atoms. The second-order valence-corrected chi connectivity index (χ2v) is 7.42. The van der Waals surface area contributed by atoms with Crippen LogP contribution in [0.1, 0.15) is 44.3 Å². The number of hydrogen-bond acceptors (Lipinski definition) is 4. The number of piperidine rings is 1. The summed E-state index contributed by atoms with van der Waals surface area (Å²) in [5.41, 5.74) is 0. The van der Waals surface area contributed by atoms with Crippen LogP contribution in [0.15, 0.2) is 0 Å². The van der Waals surface area contributed by atoms with Gasteiger partial charge in [-0.1, -0.05) is 6.92 Å². The fraction of sp³-hybridized carbons (Fsp3) is 0.778. The number of carbonyl (C=O) groups excluding carboxylic acids is 2. The van der Waals surface area contributed by atoms with Gasteiger partial charge in [-0.05, 0) is 39.5 Å². The van der Waals surface area contributed by atoms with Gasteiger partial charge in [-0.25, -0.2) is 9.67 Å². The van der Waals surface area contributed by atoms with Crippen LogP contribution in [0.3, 0.4) is 0 Å². The first-order valence-corrected chi connectivity index (χ1v) is 9.41. The summed E-state index contributed by atoms with van der Waals surface area (Å²) in [6.45, 7) is 9.45. The van der Waals surface area contributed by atoms with Crippen molar-refractivity contribution in [3.63, 3.8) is 0 Å². The first-order valence-electron chi connectivity index (χ1n) is 9.41. The molecule has 2 aliphatic rings. The highest BCUT2D eigenvalue weighted by molar-refractivity contribution is 5.81. The highest BCUT2D eigenvalue weighted by Gasteiger charge is 2.32. The summed E-state index contributed by atoms with van der Waals surface area (Å²) >= 11 is 0. The van der Waals surface area contributed by atoms with Gasteiger partial charge in [0.2, 0.25) is 11.8 Å². The SMILES string of the molecule is Cc1nc(C)n(C[C@H](C)C(=O)N2CCC(C(=O)N3CCCC3)CC2)n1. The smallest absolute Gasteiger partial charge is 0.227 e. The van der Waals surface area contributed by atoms with E-state index in [1.54, 1.807) is 0 Å². The third-order valence-corrected chi connectivity index (χ3v) is 5.40. The number of hydrogen-bond donors (Lipinski definition) is 0. The molecule has 0 unspecified atom stereocenters. The monoisotopic (exact) mass is 347 g/mol. The number of rotatable bonds is 4. The molecule has 3 rings (SSSR count). The van der Waals surface area contributed by atoms with Crippen LogP contribution < -0.4 is 0 Å². The molecule has 0 spiro atoms. The zero-order chi connectivity index (χ0) is 18.0. The van der Waals surface area contributed by atoms with Gasteiger partial charge >= 0.3 is 0 Å². The maximum absolute atomic E-state index is 12.7. The van der Waals surface area contributed by atoms with Gasteiger partial charge < -0.3 is 9.80 Å². The molecule has 7 nitrogen and oxygen atoms in total. The summed E-state index contributed by atoms with van der Waals surface area (Å²) in [5, 5.41) is 4.34. The van der Waals surface area contributed by atoms with Gasteiger partial charge in [0.1, 0.15) is 11.6 Å². The zero-order valence-electron chi connectivity index (χ0n) is 15.6. The number of likely N-dealkylation sites (tertiary alicyclic amines) is 2. The van der Waals surface area contributed by atoms with Crippen LogP contribution in [0.2, 0.25) is 0 Å². The highest BCUT2D eigenvalue weighted by atomic mass is 16.2. The molecule has 0 aliphatic carbocycles. The maximum Gasteiger partial charge on any atom is 0.227 e. The molecule has 7 heteroatoms. The normalized spacial score (nSPS) is 20.1. The molecule has 25 heavy (non-hydrogen) atoms. The van der Waals surface area contributed by atoms with Gasteiger partial charge in [-0.2, -0.15) is 5.10 Å². The van der Waals surface area contributed by atoms with Gasteiger partial charge in [0.15, 0.2) is 0 Å². The van der Waals surface area contributed by atoms with Gasteiger partial charge in [0, 0.05) is 32.1 Å². The Morgan fingerprint density at radius 1 is 1.08 bits per heavy atom. The Bertz CT molecular complexity index is 627. The highest BCUT2D eigenvalue weighted by Crippen LogP contribution is 2.23. The molecule has 2 aliphatic heterocycles. The lowest BCUT2D eigenvalue weighted by atomic mass is 9.94. The topological polar surface area (TPSA) is 71.3 Å². The average Bonchev–Trinajstić information content (AvgIpc) is 3.24. The van der Waals surface area contributed by atoms with E-state index in [0.29, 0.717) is 25.5 Å². The molecular formula is C18H29N5O2. The second kappa shape index (κ2) is 7.54. The molecule has 138 valence electrons. The van der Waals surface area contributed by atoms with Crippen molar-refractivity contribution in [3.8, 4) is 0 Å². The molecule has 0 N–H and O–H groups in total. The van der Waals surface area contributed by atoms with Crippen molar-refractivity contribution >= 4 is 11.8 Å². The number of nitrogens with zero attached hydrogens (tertiary/aromatic N) is 5. The Morgan fingerprint density at radius 2 is 1.72 bits per heavy atom. The van der Waals surface area contributed by atoms with E-state index in [4.69, 9.17) is 0 Å². The predicted octanol–water partition coefficient (Wildman–Crippen LogP) is 1.39. The van der Waals surface area contributed by atoms with Crippen molar-refractivity contribution in [3.05, 3.63) is 11.6 Å². The fourth-order valence-corrected chi connectivity index (χ4v) is 3.93. The molecule has 1 aromatic rings. The summed E-state index contributed by atoms with van der Waals surface area (Å²) in [6, 6.07) is 0. The minimum Gasteiger partial charge on any atom is -0.342 e. The van der Waals surface area contributed by atoms with Crippen molar-refractivity contribution in [2.75, 3.05) is 26.2 Å². The predicted molar refractivity (Wildman–Crippen MR) is 93.8 cm³/mol. The summed E-state index contributed by atoms with van der Waals surface area (Å²) in [7, 11) is 0. The number of carbonyl (C=O) groups is 2. The van der Waals surface area contributed by atoms with Crippen LogP contribution in [-0.4, -0.2) is 62.6 Å². The van der Waals surface area contributed by atoms with Crippen LogP contribution in [0.25, 0.3) is 0 Å². The van der Waals surface area contributed by atoms with E-state index in [0.717, 1.165) is 50.4 Å². The van der Waals surface area contributed by atoms with E-state index < -0.39 is 0 Å². The summed E-state index contributed by atoms with van der Waals surface area (Å²) < 4.78 is 1.81. The van der Waals surface area contributed by atoms with Gasteiger partial charge in [0.05, 0.1) is 12.5 Å². The van der Waals surface area contributed by atoms with Crippen LogP contribution in [0, 0.1) is 25.7 Å². The minimum absolute atomic E-state index is 0.0951. The number of aryl methyl sites for hydroxylation is 2. The Kier molecular flexibility index (Phi) is 5.39. The molecule has 0 radical (unpaired) electrons. The average molecular weight is 347 g/mol. The molecule has 0 saturated carbocycles. The first kappa shape index (κ1) is 17.9. The van der Waals surface area contributed by atoms with E-state index >= 15 is 0 Å². The van der Waals surface area contributed by atoms with Crippen LogP contribution in [0.5, 0.6) is 0 Å². The standard InChI is InChI=1S/C18H29N5O2/c1-13(12-23-15(3)19-14(2)20-23)17(24)22-10-6-16(7-11-22)18(25)21-8-4-5-9-21/h13,16H,4-12H2,1-3H3/t13-/m0/s1. The third-order valence-electron chi connectivity index (χ3n) is 5.40. The molecule has 1 atom stereocenters. The fourth-order valence-electron chi connectivity index (χ4n) is 3.93. The molecule has 2 fully saturated rings. The lowest BCUT2D eigenvalue weighted by Crippen LogP contribution is -2.45. The molecule has 1 aromatic heterocycles. The number of amides is 2. The Labute approximate surface area is 149 Å². The molecule has 2 amide bonds. The van der Waals surface area contributed by atoms with Gasteiger partial charge in [0.25, 0.3) is 0 Å². The summed E-state index contributed by atoms with van der Waals surface area (Å²) in [5.74, 6) is 1.99. The molecule has 0 aromatic carbocycles. The lowest BCUT2D eigenvalue weighted by Gasteiger charge is -2.34. The minimum atomic E-state index is -0.134. The van der Waals surface area contributed by atoms with Crippen molar-refractivity contribution in [1.82, 2.24) is 24.6 Å². The van der Waals surface area contributed by atoms with E-state index in [9.17, 15) is 9.59 Å². The largest absolute Gasteiger partial charge is 0.342 e. The van der Waals surface area contributed by atoms with Gasteiger partial charge in [-0.15, -0.1) is 0 Å². The van der Waals surface area contributed by atoms with E-state index in [2.05, 4.69) is 10.1 Å². The van der Waals surface area contributed by atoms with E-state index in [1.165, 1.54) is 0 Å². The first-order chi connectivity index (χ1) is 12.0. The van der Waals surface area contributed by atoms with Crippen molar-refractivity contribution < 1.29 is 9.59 Å². The Balaban J connectivity index is 1.50. The second-order valence-electron chi connectivity index (χ2n) is 7.42. The van der Waals surface area contributed by atoms with Crippen LogP contribution >= 0.6 is 0 Å². The van der Waals surface area contributed by atoms with Crippen LogP contribution in [0.4, 0.5) is 0 Å². The number of aromatic nitrogens is 3. The summed E-state index contributed by atoms with van der Waals surface area (Å²) in [4.78, 5) is 33.4. The van der Waals surface area contributed by atoms with Crippen LogP contribution in [-0.2, 0) is 16.1 Å². The quantitative estimate of drug-likeness (QED) is 0.825. The molecule has 2 saturated heterocycles. The molecular weight excluding hydrogens is 318 g/mol. The maximum atomic E-state index is 12.7. The van der Waals surface area contributed by atoms with Crippen molar-refractivity contribution in [2.45, 2.75) is 53.0 Å². The lowest BCUT2D eigenvalue weighted by molar-refractivity contribution is -0.142. The van der Waals surface area contributed by atoms with Crippen molar-refractivity contribution in [1.29, 1.82) is 0 Å². The third kappa shape index (κ3) is 4.02.